The molecular weight excluding hydrogens is 186 g/mol. The smallest absolute Gasteiger partial charge is 0.161 e. The number of rotatable bonds is 1. The minimum Gasteiger partial charge on any atom is -0.256 e. The largest absolute Gasteiger partial charge is 0.256 e. The van der Waals surface area contributed by atoms with Crippen LogP contribution in [0.5, 0.6) is 0 Å². The van der Waals surface area contributed by atoms with E-state index in [1.54, 1.807) is 18.5 Å². The summed E-state index contributed by atoms with van der Waals surface area (Å²) in [6.45, 7) is 0. The van der Waals surface area contributed by atoms with Crippen LogP contribution < -0.4 is 0 Å². The van der Waals surface area contributed by atoms with E-state index in [0.717, 1.165) is 11.3 Å². The third-order valence-corrected chi connectivity index (χ3v) is 1.90. The van der Waals surface area contributed by atoms with Crippen molar-refractivity contribution in [1.82, 2.24) is 15.2 Å². The Morgan fingerprint density at radius 1 is 1.08 bits per heavy atom. The highest BCUT2D eigenvalue weighted by molar-refractivity contribution is 6.31. The van der Waals surface area contributed by atoms with Crippen LogP contribution in [0.25, 0.3) is 11.3 Å². The normalized spacial score (nSPS) is 9.92. The summed E-state index contributed by atoms with van der Waals surface area (Å²) in [6, 6.07) is 7.42. The van der Waals surface area contributed by atoms with Gasteiger partial charge in [-0.25, -0.2) is 0 Å². The Bertz CT molecular complexity index is 403. The zero-order valence-corrected chi connectivity index (χ0v) is 7.44. The quantitative estimate of drug-likeness (QED) is 0.694. The first-order valence-corrected chi connectivity index (χ1v) is 4.14. The molecule has 13 heavy (non-hydrogen) atoms. The fraction of sp³-hybridized carbons (Fsp3) is 0. The number of nitrogens with zero attached hydrogens (tertiary/aromatic N) is 3. The third kappa shape index (κ3) is 1.65. The first-order valence-electron chi connectivity index (χ1n) is 3.76. The van der Waals surface area contributed by atoms with Crippen LogP contribution in [-0.4, -0.2) is 15.2 Å². The fourth-order valence-corrected chi connectivity index (χ4v) is 1.23. The maximum absolute atomic E-state index is 5.85. The minimum absolute atomic E-state index is 0.376. The average Bonchev–Trinajstić information content (AvgIpc) is 2.20. The Kier molecular flexibility index (Phi) is 2.19. The van der Waals surface area contributed by atoms with Crippen LogP contribution in [-0.2, 0) is 0 Å². The van der Waals surface area contributed by atoms with E-state index in [2.05, 4.69) is 15.2 Å². The Labute approximate surface area is 80.4 Å². The minimum atomic E-state index is 0.376. The van der Waals surface area contributed by atoms with E-state index in [-0.39, 0.29) is 0 Å². The molecule has 0 aliphatic rings. The molecule has 2 aromatic heterocycles. The van der Waals surface area contributed by atoms with Gasteiger partial charge < -0.3 is 0 Å². The van der Waals surface area contributed by atoms with E-state index in [1.807, 2.05) is 18.2 Å². The molecule has 0 fully saturated rings. The van der Waals surface area contributed by atoms with Gasteiger partial charge in [0.1, 0.15) is 0 Å². The highest BCUT2D eigenvalue weighted by atomic mass is 35.5. The maximum Gasteiger partial charge on any atom is 0.161 e. The van der Waals surface area contributed by atoms with Gasteiger partial charge in [0.2, 0.25) is 0 Å². The molecule has 0 N–H and O–H groups in total. The summed E-state index contributed by atoms with van der Waals surface area (Å²) in [5.41, 5.74) is 1.61. The zero-order chi connectivity index (χ0) is 9.10. The SMILES string of the molecule is Clc1nnccc1-c1ccccn1. The van der Waals surface area contributed by atoms with Gasteiger partial charge in [-0.15, -0.1) is 5.10 Å². The lowest BCUT2D eigenvalue weighted by Gasteiger charge is -1.99. The van der Waals surface area contributed by atoms with E-state index in [0.29, 0.717) is 5.15 Å². The van der Waals surface area contributed by atoms with Gasteiger partial charge in [0.15, 0.2) is 5.15 Å². The summed E-state index contributed by atoms with van der Waals surface area (Å²) in [7, 11) is 0. The lowest BCUT2D eigenvalue weighted by molar-refractivity contribution is 1.03. The Morgan fingerprint density at radius 2 is 2.00 bits per heavy atom. The second-order valence-electron chi connectivity index (χ2n) is 2.45. The van der Waals surface area contributed by atoms with Crippen molar-refractivity contribution < 1.29 is 0 Å². The Hall–Kier alpha value is -1.48. The van der Waals surface area contributed by atoms with Gasteiger partial charge in [-0.3, -0.25) is 4.98 Å². The van der Waals surface area contributed by atoms with Crippen LogP contribution in [0.1, 0.15) is 0 Å². The van der Waals surface area contributed by atoms with Crippen molar-refractivity contribution in [3.8, 4) is 11.3 Å². The van der Waals surface area contributed by atoms with Crippen molar-refractivity contribution in [2.75, 3.05) is 0 Å². The molecule has 0 bridgehead atoms. The molecule has 0 aliphatic heterocycles. The molecule has 64 valence electrons. The molecule has 0 atom stereocenters. The highest BCUT2D eigenvalue weighted by Crippen LogP contribution is 2.22. The van der Waals surface area contributed by atoms with E-state index in [4.69, 9.17) is 11.6 Å². The number of halogens is 1. The van der Waals surface area contributed by atoms with Crippen LogP contribution in [0.2, 0.25) is 5.15 Å². The van der Waals surface area contributed by atoms with Crippen LogP contribution in [0.3, 0.4) is 0 Å². The second-order valence-corrected chi connectivity index (χ2v) is 2.81. The second kappa shape index (κ2) is 3.49. The topological polar surface area (TPSA) is 38.7 Å². The average molecular weight is 192 g/mol. The van der Waals surface area contributed by atoms with Gasteiger partial charge in [-0.1, -0.05) is 17.7 Å². The van der Waals surface area contributed by atoms with Crippen LogP contribution >= 0.6 is 11.6 Å². The summed E-state index contributed by atoms with van der Waals surface area (Å²) in [5.74, 6) is 0. The number of aromatic nitrogens is 3. The van der Waals surface area contributed by atoms with Crippen molar-refractivity contribution >= 4 is 11.6 Å². The summed E-state index contributed by atoms with van der Waals surface area (Å²) in [6.07, 6.45) is 3.31. The standard InChI is InChI=1S/C9H6ClN3/c10-9-7(4-6-12-13-9)8-3-1-2-5-11-8/h1-6H. The third-order valence-electron chi connectivity index (χ3n) is 1.62. The molecule has 0 saturated heterocycles. The molecular formula is C9H6ClN3. The predicted octanol–water partition coefficient (Wildman–Crippen LogP) is 2.19. The van der Waals surface area contributed by atoms with Gasteiger partial charge in [0.25, 0.3) is 0 Å². The number of pyridine rings is 1. The van der Waals surface area contributed by atoms with E-state index < -0.39 is 0 Å². The molecule has 0 radical (unpaired) electrons. The lowest BCUT2D eigenvalue weighted by atomic mass is 10.2. The lowest BCUT2D eigenvalue weighted by Crippen LogP contribution is -1.87. The van der Waals surface area contributed by atoms with Crippen molar-refractivity contribution in [1.29, 1.82) is 0 Å². The summed E-state index contributed by atoms with van der Waals surface area (Å²) >= 11 is 5.85. The van der Waals surface area contributed by atoms with E-state index in [9.17, 15) is 0 Å². The van der Waals surface area contributed by atoms with Gasteiger partial charge >= 0.3 is 0 Å². The molecule has 2 aromatic rings. The Morgan fingerprint density at radius 3 is 2.69 bits per heavy atom. The molecule has 0 aromatic carbocycles. The van der Waals surface area contributed by atoms with E-state index >= 15 is 0 Å². The molecule has 0 unspecified atom stereocenters. The molecule has 0 spiro atoms. The first kappa shape index (κ1) is 8.13. The molecule has 2 heterocycles. The first-order chi connectivity index (χ1) is 6.38. The predicted molar refractivity (Wildman–Crippen MR) is 50.3 cm³/mol. The van der Waals surface area contributed by atoms with Gasteiger partial charge in [-0.05, 0) is 18.2 Å². The van der Waals surface area contributed by atoms with Crippen LogP contribution in [0.15, 0.2) is 36.7 Å². The van der Waals surface area contributed by atoms with Crippen LogP contribution in [0.4, 0.5) is 0 Å². The zero-order valence-electron chi connectivity index (χ0n) is 6.68. The summed E-state index contributed by atoms with van der Waals surface area (Å²) in [4.78, 5) is 4.16. The number of hydrogen-bond donors (Lipinski definition) is 0. The van der Waals surface area contributed by atoms with Crippen molar-refractivity contribution in [3.05, 3.63) is 41.8 Å². The molecule has 0 amide bonds. The Balaban J connectivity index is 2.54. The molecule has 0 saturated carbocycles. The summed E-state index contributed by atoms with van der Waals surface area (Å²) < 4.78 is 0. The highest BCUT2D eigenvalue weighted by Gasteiger charge is 2.03. The van der Waals surface area contributed by atoms with Crippen molar-refractivity contribution in [2.24, 2.45) is 0 Å². The van der Waals surface area contributed by atoms with Gasteiger partial charge in [0.05, 0.1) is 11.9 Å². The van der Waals surface area contributed by atoms with Gasteiger partial charge in [0, 0.05) is 11.8 Å². The van der Waals surface area contributed by atoms with E-state index in [1.165, 1.54) is 0 Å². The maximum atomic E-state index is 5.85. The molecule has 4 heteroatoms. The van der Waals surface area contributed by atoms with Crippen molar-refractivity contribution in [3.63, 3.8) is 0 Å². The number of hydrogen-bond acceptors (Lipinski definition) is 3. The summed E-state index contributed by atoms with van der Waals surface area (Å²) in [5, 5.41) is 7.77. The molecule has 2 rings (SSSR count). The van der Waals surface area contributed by atoms with Crippen LogP contribution in [0, 0.1) is 0 Å². The van der Waals surface area contributed by atoms with Crippen molar-refractivity contribution in [2.45, 2.75) is 0 Å². The van der Waals surface area contributed by atoms with Gasteiger partial charge in [-0.2, -0.15) is 5.10 Å². The fourth-order valence-electron chi connectivity index (χ4n) is 1.03. The molecule has 0 aliphatic carbocycles. The molecule has 3 nitrogen and oxygen atoms in total. The monoisotopic (exact) mass is 191 g/mol.